The Kier molecular flexibility index (Phi) is 5.85. The van der Waals surface area contributed by atoms with Gasteiger partial charge in [0.15, 0.2) is 0 Å². The standard InChI is InChI=1S/C15H23NO6S/c1-20-12-3-4-14(13(9-12)21-2)23(18,19)16-10-15(11-17)5-7-22-8-6-15/h3-4,9,16-17H,5-8,10-11H2,1-2H3. The fraction of sp³-hybridized carbons (Fsp3) is 0.600. The minimum absolute atomic E-state index is 0.0425. The molecule has 0 amide bonds. The molecule has 0 saturated carbocycles. The van der Waals surface area contributed by atoms with E-state index < -0.39 is 15.4 Å². The Bertz CT molecular complexity index is 625. The van der Waals surface area contributed by atoms with Crippen molar-refractivity contribution < 1.29 is 27.7 Å². The summed E-state index contributed by atoms with van der Waals surface area (Å²) >= 11 is 0. The van der Waals surface area contributed by atoms with Crippen LogP contribution >= 0.6 is 0 Å². The highest BCUT2D eigenvalue weighted by Gasteiger charge is 2.34. The molecule has 1 saturated heterocycles. The molecule has 1 fully saturated rings. The van der Waals surface area contributed by atoms with Crippen LogP contribution in [0.2, 0.25) is 0 Å². The van der Waals surface area contributed by atoms with Gasteiger partial charge in [0.2, 0.25) is 10.0 Å². The Morgan fingerprint density at radius 3 is 2.52 bits per heavy atom. The van der Waals surface area contributed by atoms with E-state index in [1.807, 2.05) is 0 Å². The Balaban J connectivity index is 2.18. The van der Waals surface area contributed by atoms with E-state index >= 15 is 0 Å². The van der Waals surface area contributed by atoms with Crippen LogP contribution in [0.25, 0.3) is 0 Å². The maximum Gasteiger partial charge on any atom is 0.244 e. The summed E-state index contributed by atoms with van der Waals surface area (Å²) in [5.74, 6) is 0.721. The molecule has 8 heteroatoms. The third-order valence-corrected chi connectivity index (χ3v) is 5.63. The van der Waals surface area contributed by atoms with Crippen molar-refractivity contribution in [1.29, 1.82) is 0 Å². The molecule has 0 spiro atoms. The number of ether oxygens (including phenoxy) is 3. The summed E-state index contributed by atoms with van der Waals surface area (Å²) in [4.78, 5) is 0.0425. The third-order valence-electron chi connectivity index (χ3n) is 4.19. The maximum atomic E-state index is 12.6. The molecule has 1 heterocycles. The van der Waals surface area contributed by atoms with Crippen LogP contribution in [-0.4, -0.2) is 54.1 Å². The monoisotopic (exact) mass is 345 g/mol. The predicted molar refractivity (Wildman–Crippen MR) is 84.3 cm³/mol. The number of rotatable bonds is 7. The number of sulfonamides is 1. The molecule has 1 aromatic carbocycles. The van der Waals surface area contributed by atoms with Crippen molar-refractivity contribution >= 4 is 10.0 Å². The van der Waals surface area contributed by atoms with Gasteiger partial charge in [0.05, 0.1) is 20.8 Å². The van der Waals surface area contributed by atoms with Crippen LogP contribution in [0.1, 0.15) is 12.8 Å². The van der Waals surface area contributed by atoms with Gasteiger partial charge in [-0.15, -0.1) is 0 Å². The summed E-state index contributed by atoms with van der Waals surface area (Å²) in [5.41, 5.74) is -0.481. The first-order valence-electron chi connectivity index (χ1n) is 7.37. The van der Waals surface area contributed by atoms with Gasteiger partial charge < -0.3 is 19.3 Å². The van der Waals surface area contributed by atoms with Crippen LogP contribution in [-0.2, 0) is 14.8 Å². The van der Waals surface area contributed by atoms with Crippen LogP contribution in [0.3, 0.4) is 0 Å². The smallest absolute Gasteiger partial charge is 0.244 e. The number of hydrogen-bond acceptors (Lipinski definition) is 6. The molecular weight excluding hydrogens is 322 g/mol. The molecule has 130 valence electrons. The zero-order valence-corrected chi connectivity index (χ0v) is 14.2. The molecule has 23 heavy (non-hydrogen) atoms. The van der Waals surface area contributed by atoms with Gasteiger partial charge in [0.1, 0.15) is 16.4 Å². The number of benzene rings is 1. The van der Waals surface area contributed by atoms with E-state index in [1.54, 1.807) is 6.07 Å². The molecule has 2 rings (SSSR count). The maximum absolute atomic E-state index is 12.6. The highest BCUT2D eigenvalue weighted by Crippen LogP contribution is 2.31. The molecule has 0 unspecified atom stereocenters. The summed E-state index contributed by atoms with van der Waals surface area (Å²) in [7, 11) is -0.856. The van der Waals surface area contributed by atoms with Crippen molar-refractivity contribution in [1.82, 2.24) is 4.72 Å². The van der Waals surface area contributed by atoms with E-state index in [0.717, 1.165) is 0 Å². The number of aliphatic hydroxyl groups excluding tert-OH is 1. The summed E-state index contributed by atoms with van der Waals surface area (Å²) in [6, 6.07) is 4.52. The molecule has 1 aliphatic heterocycles. The van der Waals surface area contributed by atoms with E-state index in [-0.39, 0.29) is 23.8 Å². The highest BCUT2D eigenvalue weighted by atomic mass is 32.2. The summed E-state index contributed by atoms with van der Waals surface area (Å²) in [6.45, 7) is 1.12. The van der Waals surface area contributed by atoms with Crippen molar-refractivity contribution in [3.63, 3.8) is 0 Å². The van der Waals surface area contributed by atoms with Crippen LogP contribution in [0.15, 0.2) is 23.1 Å². The van der Waals surface area contributed by atoms with Crippen molar-refractivity contribution in [2.75, 3.05) is 40.6 Å². The molecule has 0 bridgehead atoms. The molecule has 0 atom stereocenters. The van der Waals surface area contributed by atoms with Gasteiger partial charge in [-0.05, 0) is 25.0 Å². The first-order valence-corrected chi connectivity index (χ1v) is 8.85. The van der Waals surface area contributed by atoms with Crippen LogP contribution < -0.4 is 14.2 Å². The summed E-state index contributed by atoms with van der Waals surface area (Å²) in [6.07, 6.45) is 1.23. The fourth-order valence-electron chi connectivity index (χ4n) is 2.52. The zero-order chi connectivity index (χ0) is 16.9. The first-order chi connectivity index (χ1) is 11.0. The molecule has 0 radical (unpaired) electrons. The van der Waals surface area contributed by atoms with E-state index in [2.05, 4.69) is 4.72 Å². The normalized spacial score (nSPS) is 17.7. The third kappa shape index (κ3) is 4.14. The SMILES string of the molecule is COc1ccc(S(=O)(=O)NCC2(CO)CCOCC2)c(OC)c1. The van der Waals surface area contributed by atoms with Gasteiger partial charge in [-0.3, -0.25) is 0 Å². The topological polar surface area (TPSA) is 94.1 Å². The lowest BCUT2D eigenvalue weighted by molar-refractivity contribution is -0.0126. The summed E-state index contributed by atoms with van der Waals surface area (Å²) in [5, 5.41) is 9.65. The second kappa shape index (κ2) is 7.48. The molecule has 1 aliphatic rings. The zero-order valence-electron chi connectivity index (χ0n) is 13.4. The Labute approximate surface area is 136 Å². The lowest BCUT2D eigenvalue weighted by Gasteiger charge is -2.35. The van der Waals surface area contributed by atoms with Crippen molar-refractivity contribution in [2.45, 2.75) is 17.7 Å². The average molecular weight is 345 g/mol. The van der Waals surface area contributed by atoms with Gasteiger partial charge >= 0.3 is 0 Å². The molecular formula is C15H23NO6S. The lowest BCUT2D eigenvalue weighted by Crippen LogP contribution is -2.43. The molecule has 7 nitrogen and oxygen atoms in total. The Morgan fingerprint density at radius 2 is 1.96 bits per heavy atom. The lowest BCUT2D eigenvalue weighted by atomic mass is 9.81. The van der Waals surface area contributed by atoms with E-state index in [9.17, 15) is 13.5 Å². The van der Waals surface area contributed by atoms with E-state index in [1.165, 1.54) is 26.4 Å². The van der Waals surface area contributed by atoms with Crippen LogP contribution in [0.4, 0.5) is 0 Å². The summed E-state index contributed by atoms with van der Waals surface area (Å²) < 4.78 is 43.2. The predicted octanol–water partition coefficient (Wildman–Crippen LogP) is 0.771. The molecule has 0 aliphatic carbocycles. The van der Waals surface area contributed by atoms with Gasteiger partial charge in [-0.1, -0.05) is 0 Å². The van der Waals surface area contributed by atoms with Crippen molar-refractivity contribution in [2.24, 2.45) is 5.41 Å². The second-order valence-electron chi connectivity index (χ2n) is 5.61. The average Bonchev–Trinajstić information content (AvgIpc) is 2.60. The molecule has 0 aromatic heterocycles. The van der Waals surface area contributed by atoms with Gasteiger partial charge in [0.25, 0.3) is 0 Å². The van der Waals surface area contributed by atoms with Crippen LogP contribution in [0, 0.1) is 5.41 Å². The largest absolute Gasteiger partial charge is 0.497 e. The second-order valence-corrected chi connectivity index (χ2v) is 7.35. The van der Waals surface area contributed by atoms with E-state index in [4.69, 9.17) is 14.2 Å². The quantitative estimate of drug-likeness (QED) is 0.758. The Hall–Kier alpha value is -1.35. The minimum atomic E-state index is -3.76. The van der Waals surface area contributed by atoms with Crippen molar-refractivity contribution in [3.05, 3.63) is 18.2 Å². The van der Waals surface area contributed by atoms with Gasteiger partial charge in [-0.2, -0.15) is 0 Å². The first kappa shape index (κ1) is 18.0. The Morgan fingerprint density at radius 1 is 1.26 bits per heavy atom. The number of hydrogen-bond donors (Lipinski definition) is 2. The van der Waals surface area contributed by atoms with Gasteiger partial charge in [0, 0.05) is 31.2 Å². The number of methoxy groups -OCH3 is 2. The van der Waals surface area contributed by atoms with Crippen LogP contribution in [0.5, 0.6) is 11.5 Å². The van der Waals surface area contributed by atoms with Gasteiger partial charge in [-0.25, -0.2) is 13.1 Å². The molecule has 2 N–H and O–H groups in total. The fourth-order valence-corrected chi connectivity index (χ4v) is 3.82. The minimum Gasteiger partial charge on any atom is -0.497 e. The molecule has 1 aromatic rings. The number of nitrogens with one attached hydrogen (secondary N) is 1. The van der Waals surface area contributed by atoms with E-state index in [0.29, 0.717) is 31.8 Å². The van der Waals surface area contributed by atoms with Crippen molar-refractivity contribution in [3.8, 4) is 11.5 Å². The highest BCUT2D eigenvalue weighted by molar-refractivity contribution is 7.89. The number of aliphatic hydroxyl groups is 1.